The quantitative estimate of drug-likeness (QED) is 0.885. The Morgan fingerprint density at radius 1 is 1.48 bits per heavy atom. The van der Waals surface area contributed by atoms with Gasteiger partial charge in [0.2, 0.25) is 0 Å². The normalized spacial score (nSPS) is 17.9. The zero-order valence-electron chi connectivity index (χ0n) is 13.5. The van der Waals surface area contributed by atoms with Gasteiger partial charge >= 0.3 is 0 Å². The summed E-state index contributed by atoms with van der Waals surface area (Å²) in [6, 6.07) is 7.71. The Morgan fingerprint density at radius 3 is 3.13 bits per heavy atom. The van der Waals surface area contributed by atoms with Crippen LogP contribution in [0.2, 0.25) is 0 Å². The summed E-state index contributed by atoms with van der Waals surface area (Å²) in [6.45, 7) is 4.93. The highest BCUT2D eigenvalue weighted by atomic mass is 32.1. The van der Waals surface area contributed by atoms with Gasteiger partial charge in [-0.15, -0.1) is 11.3 Å². The van der Waals surface area contributed by atoms with Gasteiger partial charge in [-0.2, -0.15) is 0 Å². The van der Waals surface area contributed by atoms with Crippen LogP contribution >= 0.6 is 11.3 Å². The van der Waals surface area contributed by atoms with Gasteiger partial charge < -0.3 is 10.6 Å². The Bertz CT molecular complexity index is 662. The molecule has 0 spiro atoms. The van der Waals surface area contributed by atoms with E-state index in [0.717, 1.165) is 42.3 Å². The van der Waals surface area contributed by atoms with Gasteiger partial charge in [-0.25, -0.2) is 4.98 Å². The smallest absolute Gasteiger partial charge is 0.251 e. The summed E-state index contributed by atoms with van der Waals surface area (Å²) in [4.78, 5) is 16.8. The van der Waals surface area contributed by atoms with Gasteiger partial charge in [0.15, 0.2) is 0 Å². The molecule has 4 nitrogen and oxygen atoms in total. The topological polar surface area (TPSA) is 54.0 Å². The zero-order valence-corrected chi connectivity index (χ0v) is 14.3. The van der Waals surface area contributed by atoms with E-state index in [4.69, 9.17) is 0 Å². The van der Waals surface area contributed by atoms with Crippen molar-refractivity contribution in [2.75, 3.05) is 19.6 Å². The first-order valence-corrected chi connectivity index (χ1v) is 9.12. The largest absolute Gasteiger partial charge is 0.352 e. The number of carbonyl (C=O) groups is 1. The third kappa shape index (κ3) is 4.39. The second-order valence-electron chi connectivity index (χ2n) is 6.13. The molecular formula is C18H23N3OS. The van der Waals surface area contributed by atoms with E-state index in [1.54, 1.807) is 11.3 Å². The zero-order chi connectivity index (χ0) is 16.1. The number of thiazole rings is 1. The van der Waals surface area contributed by atoms with Crippen molar-refractivity contribution in [1.29, 1.82) is 0 Å². The number of aryl methyl sites for hydroxylation is 1. The van der Waals surface area contributed by atoms with Crippen molar-refractivity contribution < 1.29 is 4.79 Å². The second kappa shape index (κ2) is 7.70. The molecule has 1 saturated heterocycles. The molecule has 2 heterocycles. The van der Waals surface area contributed by atoms with Crippen LogP contribution in [0, 0.1) is 12.8 Å². The van der Waals surface area contributed by atoms with Gasteiger partial charge in [0, 0.05) is 28.7 Å². The Labute approximate surface area is 141 Å². The molecule has 1 fully saturated rings. The van der Waals surface area contributed by atoms with E-state index >= 15 is 0 Å². The van der Waals surface area contributed by atoms with E-state index < -0.39 is 0 Å². The molecular weight excluding hydrogens is 306 g/mol. The van der Waals surface area contributed by atoms with Crippen molar-refractivity contribution >= 4 is 17.2 Å². The van der Waals surface area contributed by atoms with Crippen molar-refractivity contribution in [3.63, 3.8) is 0 Å². The Kier molecular flexibility index (Phi) is 5.41. The van der Waals surface area contributed by atoms with Gasteiger partial charge in [-0.05, 0) is 57.3 Å². The van der Waals surface area contributed by atoms with Crippen LogP contribution in [-0.2, 0) is 0 Å². The van der Waals surface area contributed by atoms with Crippen LogP contribution in [-0.4, -0.2) is 30.5 Å². The maximum Gasteiger partial charge on any atom is 0.251 e. The molecule has 122 valence electrons. The molecule has 0 aliphatic carbocycles. The van der Waals surface area contributed by atoms with Gasteiger partial charge in [-0.1, -0.05) is 12.1 Å². The van der Waals surface area contributed by atoms with Gasteiger partial charge in [0.25, 0.3) is 5.91 Å². The molecule has 1 amide bonds. The molecule has 0 radical (unpaired) electrons. The minimum absolute atomic E-state index is 0.00361. The molecule has 1 aromatic heterocycles. The number of nitrogens with zero attached hydrogens (tertiary/aromatic N) is 1. The lowest BCUT2D eigenvalue weighted by atomic mass is 9.96. The number of aromatic nitrogens is 1. The number of nitrogens with one attached hydrogen (secondary N) is 2. The summed E-state index contributed by atoms with van der Waals surface area (Å²) in [5.74, 6) is 0.692. The van der Waals surface area contributed by atoms with Crippen molar-refractivity contribution in [2.24, 2.45) is 5.92 Å². The fourth-order valence-corrected chi connectivity index (χ4v) is 3.74. The fraction of sp³-hybridized carbons (Fsp3) is 0.444. The van der Waals surface area contributed by atoms with Crippen LogP contribution in [0.4, 0.5) is 0 Å². The molecule has 0 saturated carbocycles. The number of amides is 1. The molecule has 1 aromatic carbocycles. The lowest BCUT2D eigenvalue weighted by Crippen LogP contribution is -2.33. The molecule has 2 N–H and O–H groups in total. The highest BCUT2D eigenvalue weighted by Gasteiger charge is 2.13. The molecule has 1 aliphatic heterocycles. The SMILES string of the molecule is Cc1csc(-c2cccc(C(=O)NCCC3CCCNC3)c2)n1. The first-order valence-electron chi connectivity index (χ1n) is 8.24. The van der Waals surface area contributed by atoms with Crippen LogP contribution in [0.25, 0.3) is 10.6 Å². The summed E-state index contributed by atoms with van der Waals surface area (Å²) in [5, 5.41) is 9.45. The average molecular weight is 329 g/mol. The highest BCUT2D eigenvalue weighted by Crippen LogP contribution is 2.24. The molecule has 2 aromatic rings. The average Bonchev–Trinajstić information content (AvgIpc) is 3.02. The minimum Gasteiger partial charge on any atom is -0.352 e. The number of hydrogen-bond donors (Lipinski definition) is 2. The van der Waals surface area contributed by atoms with Crippen molar-refractivity contribution in [2.45, 2.75) is 26.2 Å². The predicted molar refractivity (Wildman–Crippen MR) is 94.8 cm³/mol. The van der Waals surface area contributed by atoms with Crippen molar-refractivity contribution in [3.05, 3.63) is 40.9 Å². The van der Waals surface area contributed by atoms with E-state index in [-0.39, 0.29) is 5.91 Å². The van der Waals surface area contributed by atoms with E-state index in [2.05, 4.69) is 15.6 Å². The summed E-state index contributed by atoms with van der Waals surface area (Å²) < 4.78 is 0. The van der Waals surface area contributed by atoms with E-state index in [1.807, 2.05) is 36.6 Å². The van der Waals surface area contributed by atoms with Gasteiger partial charge in [-0.3, -0.25) is 4.79 Å². The van der Waals surface area contributed by atoms with Crippen LogP contribution in [0.1, 0.15) is 35.3 Å². The minimum atomic E-state index is 0.00361. The molecule has 1 atom stereocenters. The molecule has 5 heteroatoms. The lowest BCUT2D eigenvalue weighted by molar-refractivity contribution is 0.0950. The van der Waals surface area contributed by atoms with Crippen LogP contribution < -0.4 is 10.6 Å². The summed E-state index contributed by atoms with van der Waals surface area (Å²) >= 11 is 1.61. The monoisotopic (exact) mass is 329 g/mol. The number of carbonyl (C=O) groups excluding carboxylic acids is 1. The molecule has 1 aliphatic rings. The first-order chi connectivity index (χ1) is 11.2. The van der Waals surface area contributed by atoms with Gasteiger partial charge in [0.05, 0.1) is 0 Å². The van der Waals surface area contributed by atoms with Crippen LogP contribution in [0.3, 0.4) is 0 Å². The summed E-state index contributed by atoms with van der Waals surface area (Å²) in [6.07, 6.45) is 3.56. The van der Waals surface area contributed by atoms with Gasteiger partial charge in [0.1, 0.15) is 5.01 Å². The Hall–Kier alpha value is -1.72. The molecule has 3 rings (SSSR count). The number of benzene rings is 1. The first kappa shape index (κ1) is 16.1. The standard InChI is InChI=1S/C18H23N3OS/c1-13-12-23-18(21-13)16-6-2-5-15(10-16)17(22)20-9-7-14-4-3-8-19-11-14/h2,5-6,10,12,14,19H,3-4,7-9,11H2,1H3,(H,20,22). The second-order valence-corrected chi connectivity index (χ2v) is 6.99. The number of piperidine rings is 1. The third-order valence-electron chi connectivity index (χ3n) is 4.23. The Morgan fingerprint density at radius 2 is 2.39 bits per heavy atom. The van der Waals surface area contributed by atoms with Crippen molar-refractivity contribution in [1.82, 2.24) is 15.6 Å². The van der Waals surface area contributed by atoms with Crippen molar-refractivity contribution in [3.8, 4) is 10.6 Å². The third-order valence-corrected chi connectivity index (χ3v) is 5.24. The molecule has 0 bridgehead atoms. The maximum atomic E-state index is 12.3. The van der Waals surface area contributed by atoms with Crippen LogP contribution in [0.5, 0.6) is 0 Å². The predicted octanol–water partition coefficient (Wildman–Crippen LogP) is 3.24. The fourth-order valence-electron chi connectivity index (χ4n) is 2.94. The summed E-state index contributed by atoms with van der Waals surface area (Å²) in [7, 11) is 0. The Balaban J connectivity index is 1.56. The number of rotatable bonds is 5. The van der Waals surface area contributed by atoms with E-state index in [1.165, 1.54) is 12.8 Å². The molecule has 23 heavy (non-hydrogen) atoms. The number of hydrogen-bond acceptors (Lipinski definition) is 4. The van der Waals surface area contributed by atoms with E-state index in [9.17, 15) is 4.79 Å². The van der Waals surface area contributed by atoms with Crippen LogP contribution in [0.15, 0.2) is 29.6 Å². The lowest BCUT2D eigenvalue weighted by Gasteiger charge is -2.22. The van der Waals surface area contributed by atoms with E-state index in [0.29, 0.717) is 11.5 Å². The maximum absolute atomic E-state index is 12.3. The summed E-state index contributed by atoms with van der Waals surface area (Å²) in [5.41, 5.74) is 2.73. The molecule has 1 unspecified atom stereocenters. The highest BCUT2D eigenvalue weighted by molar-refractivity contribution is 7.13.